The molecule has 0 saturated heterocycles. The Morgan fingerprint density at radius 2 is 2.23 bits per heavy atom. The Hall–Kier alpha value is -3.66. The summed E-state index contributed by atoms with van der Waals surface area (Å²) in [5.74, 6) is 0.296. The number of methoxy groups -OCH3 is 1. The van der Waals surface area contributed by atoms with Crippen molar-refractivity contribution >= 4 is 39.7 Å². The van der Waals surface area contributed by atoms with E-state index in [2.05, 4.69) is 20.3 Å². The maximum Gasteiger partial charge on any atom is 0.341 e. The second kappa shape index (κ2) is 9.23. The summed E-state index contributed by atoms with van der Waals surface area (Å²) in [5, 5.41) is 11.8. The zero-order chi connectivity index (χ0) is 21.7. The zero-order valence-corrected chi connectivity index (χ0v) is 17.5. The topological polar surface area (TPSA) is 132 Å². The molecule has 2 aromatic heterocycles. The fourth-order valence-electron chi connectivity index (χ4n) is 2.88. The molecule has 0 aliphatic heterocycles. The van der Waals surface area contributed by atoms with Gasteiger partial charge in [-0.15, -0.1) is 11.3 Å². The Bertz CT molecular complexity index is 1140. The van der Waals surface area contributed by atoms with Crippen molar-refractivity contribution in [2.24, 2.45) is 10.7 Å². The molecule has 0 radical (unpaired) electrons. The largest absolute Gasteiger partial charge is 0.496 e. The highest BCUT2D eigenvalue weighted by Crippen LogP contribution is 2.42. The van der Waals surface area contributed by atoms with Crippen molar-refractivity contribution in [1.29, 1.82) is 0 Å². The standard InChI is InChI=1S/C20H21N5O4S/c1-11-18(14-5-4-13(6-15(14)28-3)29-10-17(26)27)19-16(30-11)9-23-20(25-19)24-12(7-21)8-22-2/h4-9H,10,21H2,1-3H3,(H,26,27)(H,23,24,25). The van der Waals surface area contributed by atoms with Crippen molar-refractivity contribution in [3.8, 4) is 22.6 Å². The van der Waals surface area contributed by atoms with Crippen LogP contribution in [0.3, 0.4) is 0 Å². The lowest BCUT2D eigenvalue weighted by molar-refractivity contribution is -0.139. The number of carboxylic acids is 1. The number of fused-ring (bicyclic) bond motifs is 1. The van der Waals surface area contributed by atoms with Crippen LogP contribution in [-0.4, -0.2) is 48.0 Å². The van der Waals surface area contributed by atoms with Crippen molar-refractivity contribution in [2.75, 3.05) is 26.1 Å². The number of nitrogens with two attached hydrogens (primary N) is 1. The first-order chi connectivity index (χ1) is 14.5. The number of hydrogen-bond donors (Lipinski definition) is 3. The SMILES string of the molecule is CN=CC(=CN)Nc1ncc2sc(C)c(-c3ccc(OCC(=O)O)cc3OC)c2n1. The van der Waals surface area contributed by atoms with Gasteiger partial charge in [0.1, 0.15) is 11.5 Å². The molecule has 0 aliphatic rings. The molecule has 30 heavy (non-hydrogen) atoms. The van der Waals surface area contributed by atoms with Gasteiger partial charge < -0.3 is 25.6 Å². The van der Waals surface area contributed by atoms with Gasteiger partial charge in [-0.25, -0.2) is 14.8 Å². The molecule has 0 unspecified atom stereocenters. The number of allylic oxidation sites excluding steroid dienone is 1. The summed E-state index contributed by atoms with van der Waals surface area (Å²) in [5.41, 5.74) is 8.66. The van der Waals surface area contributed by atoms with Gasteiger partial charge in [0.15, 0.2) is 6.61 Å². The Labute approximate surface area is 176 Å². The number of nitrogens with zero attached hydrogens (tertiary/aromatic N) is 3. The third-order valence-corrected chi connectivity index (χ3v) is 5.14. The average Bonchev–Trinajstić information content (AvgIpc) is 3.06. The van der Waals surface area contributed by atoms with E-state index in [1.54, 1.807) is 50.0 Å². The number of aromatic nitrogens is 2. The van der Waals surface area contributed by atoms with E-state index >= 15 is 0 Å². The summed E-state index contributed by atoms with van der Waals surface area (Å²) in [6.07, 6.45) is 4.71. The number of aliphatic carboxylic acids is 1. The van der Waals surface area contributed by atoms with Crippen LogP contribution >= 0.6 is 11.3 Å². The maximum atomic E-state index is 10.7. The van der Waals surface area contributed by atoms with Gasteiger partial charge in [-0.05, 0) is 19.1 Å². The van der Waals surface area contributed by atoms with Gasteiger partial charge in [0.2, 0.25) is 5.95 Å². The van der Waals surface area contributed by atoms with Crippen LogP contribution in [0, 0.1) is 6.92 Å². The maximum absolute atomic E-state index is 10.7. The molecule has 3 rings (SSSR count). The van der Waals surface area contributed by atoms with Gasteiger partial charge in [0, 0.05) is 41.5 Å². The normalized spacial score (nSPS) is 11.8. The van der Waals surface area contributed by atoms with E-state index in [-0.39, 0.29) is 0 Å². The van der Waals surface area contributed by atoms with Crippen molar-refractivity contribution in [1.82, 2.24) is 9.97 Å². The van der Waals surface area contributed by atoms with Crippen LogP contribution in [0.2, 0.25) is 0 Å². The second-order valence-electron chi connectivity index (χ2n) is 6.12. The molecule has 2 heterocycles. The van der Waals surface area contributed by atoms with Gasteiger partial charge in [-0.1, -0.05) is 0 Å². The molecule has 0 amide bonds. The first-order valence-corrected chi connectivity index (χ1v) is 9.68. The van der Waals surface area contributed by atoms with E-state index in [1.165, 1.54) is 6.20 Å². The summed E-state index contributed by atoms with van der Waals surface area (Å²) in [6, 6.07) is 5.19. The van der Waals surface area contributed by atoms with Gasteiger partial charge in [0.05, 0.1) is 29.2 Å². The summed E-state index contributed by atoms with van der Waals surface area (Å²) in [7, 11) is 3.19. The molecular weight excluding hydrogens is 406 g/mol. The molecule has 1 aromatic carbocycles. The van der Waals surface area contributed by atoms with Crippen LogP contribution in [0.25, 0.3) is 21.3 Å². The van der Waals surface area contributed by atoms with Gasteiger partial charge in [-0.3, -0.25) is 4.99 Å². The van der Waals surface area contributed by atoms with Crippen LogP contribution < -0.4 is 20.5 Å². The van der Waals surface area contributed by atoms with E-state index in [0.717, 1.165) is 26.2 Å². The van der Waals surface area contributed by atoms with Crippen LogP contribution in [0.4, 0.5) is 5.95 Å². The first kappa shape index (κ1) is 21.1. The summed E-state index contributed by atoms with van der Waals surface area (Å²) in [6.45, 7) is 1.57. The van der Waals surface area contributed by atoms with Gasteiger partial charge in [0.25, 0.3) is 0 Å². The molecule has 10 heteroatoms. The van der Waals surface area contributed by atoms with Crippen molar-refractivity contribution in [2.45, 2.75) is 6.92 Å². The van der Waals surface area contributed by atoms with Crippen LogP contribution in [-0.2, 0) is 4.79 Å². The molecule has 3 aromatic rings. The summed E-state index contributed by atoms with van der Waals surface area (Å²) >= 11 is 1.57. The fourth-order valence-corrected chi connectivity index (χ4v) is 3.87. The predicted molar refractivity (Wildman–Crippen MR) is 118 cm³/mol. The Morgan fingerprint density at radius 3 is 2.90 bits per heavy atom. The number of ether oxygens (including phenoxy) is 2. The van der Waals surface area contributed by atoms with E-state index in [0.29, 0.717) is 23.1 Å². The Kier molecular flexibility index (Phi) is 6.48. The van der Waals surface area contributed by atoms with E-state index < -0.39 is 12.6 Å². The molecule has 4 N–H and O–H groups in total. The number of carbonyl (C=O) groups is 1. The number of anilines is 1. The lowest BCUT2D eigenvalue weighted by Crippen LogP contribution is -2.09. The monoisotopic (exact) mass is 427 g/mol. The molecule has 156 valence electrons. The van der Waals surface area contributed by atoms with E-state index in [4.69, 9.17) is 20.3 Å². The minimum absolute atomic E-state index is 0.388. The number of carboxylic acid groups (broad SMARTS) is 1. The zero-order valence-electron chi connectivity index (χ0n) is 16.7. The number of aryl methyl sites for hydroxylation is 1. The number of hydrogen-bond acceptors (Lipinski definition) is 9. The molecule has 0 fully saturated rings. The van der Waals surface area contributed by atoms with Crippen molar-refractivity contribution in [3.63, 3.8) is 0 Å². The molecule has 0 atom stereocenters. The third kappa shape index (κ3) is 4.49. The minimum Gasteiger partial charge on any atom is -0.496 e. The van der Waals surface area contributed by atoms with Crippen molar-refractivity contribution in [3.05, 3.63) is 41.2 Å². The number of nitrogens with one attached hydrogen (secondary N) is 1. The molecule has 9 nitrogen and oxygen atoms in total. The molecule has 0 saturated carbocycles. The predicted octanol–water partition coefficient (Wildman–Crippen LogP) is 3.05. The summed E-state index contributed by atoms with van der Waals surface area (Å²) < 4.78 is 11.7. The van der Waals surface area contributed by atoms with E-state index in [1.807, 2.05) is 13.0 Å². The molecule has 0 bridgehead atoms. The number of thiophene rings is 1. The highest BCUT2D eigenvalue weighted by atomic mass is 32.1. The van der Waals surface area contributed by atoms with Gasteiger partial charge >= 0.3 is 5.97 Å². The highest BCUT2D eigenvalue weighted by Gasteiger charge is 2.18. The molecule has 0 spiro atoms. The number of benzene rings is 1. The van der Waals surface area contributed by atoms with Crippen LogP contribution in [0.5, 0.6) is 11.5 Å². The Balaban J connectivity index is 2.05. The highest BCUT2D eigenvalue weighted by molar-refractivity contribution is 7.19. The smallest absolute Gasteiger partial charge is 0.341 e. The third-order valence-electron chi connectivity index (χ3n) is 4.12. The average molecular weight is 427 g/mol. The fraction of sp³-hybridized carbons (Fsp3) is 0.200. The van der Waals surface area contributed by atoms with Gasteiger partial charge in [-0.2, -0.15) is 0 Å². The quantitative estimate of drug-likeness (QED) is 0.467. The lowest BCUT2D eigenvalue weighted by Gasteiger charge is -2.12. The van der Waals surface area contributed by atoms with Crippen LogP contribution in [0.1, 0.15) is 4.88 Å². The first-order valence-electron chi connectivity index (χ1n) is 8.87. The second-order valence-corrected chi connectivity index (χ2v) is 7.37. The number of aliphatic imine (C=N–C) groups is 1. The Morgan fingerprint density at radius 1 is 1.43 bits per heavy atom. The lowest BCUT2D eigenvalue weighted by atomic mass is 10.0. The molecule has 0 aliphatic carbocycles. The van der Waals surface area contributed by atoms with Crippen molar-refractivity contribution < 1.29 is 19.4 Å². The minimum atomic E-state index is -1.05. The van der Waals surface area contributed by atoms with Crippen LogP contribution in [0.15, 0.2) is 41.3 Å². The van der Waals surface area contributed by atoms with E-state index in [9.17, 15) is 4.79 Å². The number of rotatable bonds is 8. The summed E-state index contributed by atoms with van der Waals surface area (Å²) in [4.78, 5) is 24.7. The molecular formula is C20H21N5O4S.